The Labute approximate surface area is 119 Å². The van der Waals surface area contributed by atoms with Gasteiger partial charge in [0.25, 0.3) is 0 Å². The molecular formula is C12H15BrN4S. The van der Waals surface area contributed by atoms with Crippen LogP contribution < -0.4 is 11.1 Å². The Bertz CT molecular complexity index is 551. The van der Waals surface area contributed by atoms with Crippen LogP contribution in [-0.4, -0.2) is 9.97 Å². The van der Waals surface area contributed by atoms with Gasteiger partial charge in [0.2, 0.25) is 0 Å². The fourth-order valence-electron chi connectivity index (χ4n) is 1.56. The highest BCUT2D eigenvalue weighted by molar-refractivity contribution is 9.10. The molecule has 3 N–H and O–H groups in total. The maximum absolute atomic E-state index is 5.82. The van der Waals surface area contributed by atoms with Gasteiger partial charge in [-0.3, -0.25) is 0 Å². The molecule has 2 aromatic rings. The molecule has 2 rings (SSSR count). The maximum Gasteiger partial charge on any atom is 0.141 e. The second kappa shape index (κ2) is 4.85. The normalized spacial score (nSPS) is 11.6. The highest BCUT2D eigenvalue weighted by Crippen LogP contribution is 2.33. The number of hydrogen-bond donors (Lipinski definition) is 2. The molecule has 0 saturated heterocycles. The van der Waals surface area contributed by atoms with Crippen LogP contribution in [0.3, 0.4) is 0 Å². The van der Waals surface area contributed by atoms with Crippen molar-refractivity contribution in [2.75, 3.05) is 11.1 Å². The Hall–Kier alpha value is -1.14. The summed E-state index contributed by atoms with van der Waals surface area (Å²) in [7, 11) is 0. The van der Waals surface area contributed by atoms with Crippen molar-refractivity contribution in [3.05, 3.63) is 32.8 Å². The average molecular weight is 327 g/mol. The zero-order valence-corrected chi connectivity index (χ0v) is 12.9. The van der Waals surface area contributed by atoms with E-state index in [1.54, 1.807) is 23.7 Å². The van der Waals surface area contributed by atoms with Gasteiger partial charge in [-0.15, -0.1) is 11.3 Å². The van der Waals surface area contributed by atoms with Gasteiger partial charge in [-0.05, 0) is 42.3 Å². The van der Waals surface area contributed by atoms with Crippen LogP contribution in [0.4, 0.5) is 11.5 Å². The van der Waals surface area contributed by atoms with Crippen LogP contribution in [0.5, 0.6) is 0 Å². The fourth-order valence-corrected chi connectivity index (χ4v) is 2.71. The molecule has 0 aliphatic carbocycles. The van der Waals surface area contributed by atoms with Gasteiger partial charge in [0, 0.05) is 11.6 Å². The first-order chi connectivity index (χ1) is 8.42. The van der Waals surface area contributed by atoms with Crippen molar-refractivity contribution in [2.45, 2.75) is 26.3 Å². The first kappa shape index (κ1) is 13.3. The van der Waals surface area contributed by atoms with Crippen LogP contribution >= 0.6 is 27.3 Å². The first-order valence-electron chi connectivity index (χ1n) is 5.50. The molecule has 0 spiro atoms. The van der Waals surface area contributed by atoms with Crippen molar-refractivity contribution < 1.29 is 0 Å². The van der Waals surface area contributed by atoms with Gasteiger partial charge in [0.15, 0.2) is 0 Å². The molecule has 0 aromatic carbocycles. The van der Waals surface area contributed by atoms with Crippen LogP contribution in [0.1, 0.15) is 24.4 Å². The molecule has 0 amide bonds. The number of hydrogen-bond acceptors (Lipinski definition) is 5. The number of thiazole rings is 1. The summed E-state index contributed by atoms with van der Waals surface area (Å²) in [6.45, 7) is 6.11. The first-order valence-corrected chi connectivity index (χ1v) is 7.18. The fraction of sp³-hybridized carbons (Fsp3) is 0.333. The summed E-state index contributed by atoms with van der Waals surface area (Å²) in [6, 6.07) is 0. The summed E-state index contributed by atoms with van der Waals surface area (Å²) in [6.07, 6.45) is 3.47. The van der Waals surface area contributed by atoms with Crippen molar-refractivity contribution in [3.63, 3.8) is 0 Å². The minimum Gasteiger partial charge on any atom is -0.397 e. The third-order valence-electron chi connectivity index (χ3n) is 2.70. The molecule has 0 atom stereocenters. The molecule has 0 aliphatic heterocycles. The number of nitrogen functional groups attached to an aromatic ring is 1. The smallest absolute Gasteiger partial charge is 0.141 e. The van der Waals surface area contributed by atoms with E-state index in [9.17, 15) is 0 Å². The topological polar surface area (TPSA) is 63.8 Å². The number of nitrogens with zero attached hydrogens (tertiary/aromatic N) is 2. The van der Waals surface area contributed by atoms with Gasteiger partial charge in [-0.1, -0.05) is 0 Å². The summed E-state index contributed by atoms with van der Waals surface area (Å²) in [4.78, 5) is 8.67. The summed E-state index contributed by atoms with van der Waals surface area (Å²) in [5, 5.41) is 6.38. The molecule has 2 aromatic heterocycles. The molecule has 0 fully saturated rings. The number of halogens is 1. The number of pyridine rings is 1. The minimum atomic E-state index is -0.272. The monoisotopic (exact) mass is 326 g/mol. The molecule has 6 heteroatoms. The van der Waals surface area contributed by atoms with E-state index in [2.05, 4.69) is 45.1 Å². The molecule has 0 aliphatic rings. The van der Waals surface area contributed by atoms with Crippen LogP contribution in [0.15, 0.2) is 22.2 Å². The van der Waals surface area contributed by atoms with E-state index >= 15 is 0 Å². The lowest BCUT2D eigenvalue weighted by molar-refractivity contribution is 0.600. The van der Waals surface area contributed by atoms with Crippen molar-refractivity contribution in [3.8, 4) is 0 Å². The Morgan fingerprint density at radius 1 is 1.39 bits per heavy atom. The molecule has 4 nitrogen and oxygen atoms in total. The van der Waals surface area contributed by atoms with Gasteiger partial charge in [-0.2, -0.15) is 0 Å². The molecule has 0 radical (unpaired) electrons. The van der Waals surface area contributed by atoms with Gasteiger partial charge in [-0.25, -0.2) is 9.97 Å². The number of rotatable bonds is 3. The van der Waals surface area contributed by atoms with Crippen molar-refractivity contribution in [1.82, 2.24) is 9.97 Å². The SMILES string of the molecule is Cc1c(N)cnc(NC(C)(C)c2nccs2)c1Br. The van der Waals surface area contributed by atoms with E-state index in [4.69, 9.17) is 5.73 Å². The van der Waals surface area contributed by atoms with E-state index < -0.39 is 0 Å². The number of anilines is 2. The average Bonchev–Trinajstić information content (AvgIpc) is 2.84. The number of nitrogens with two attached hydrogens (primary N) is 1. The van der Waals surface area contributed by atoms with Gasteiger partial charge >= 0.3 is 0 Å². The number of nitrogens with one attached hydrogen (secondary N) is 1. The Morgan fingerprint density at radius 2 is 2.11 bits per heavy atom. The zero-order valence-electron chi connectivity index (χ0n) is 10.5. The molecule has 2 heterocycles. The van der Waals surface area contributed by atoms with Crippen molar-refractivity contribution in [2.24, 2.45) is 0 Å². The lowest BCUT2D eigenvalue weighted by Gasteiger charge is -2.25. The van der Waals surface area contributed by atoms with Gasteiger partial charge in [0.1, 0.15) is 10.8 Å². The summed E-state index contributed by atoms with van der Waals surface area (Å²) in [5.74, 6) is 0.780. The predicted molar refractivity (Wildman–Crippen MR) is 79.8 cm³/mol. The quantitative estimate of drug-likeness (QED) is 0.905. The van der Waals surface area contributed by atoms with Crippen LogP contribution in [0.2, 0.25) is 0 Å². The lowest BCUT2D eigenvalue weighted by atomic mass is 10.1. The van der Waals surface area contributed by atoms with E-state index in [1.807, 2.05) is 12.3 Å². The van der Waals surface area contributed by atoms with E-state index in [-0.39, 0.29) is 5.54 Å². The Balaban J connectivity index is 2.32. The largest absolute Gasteiger partial charge is 0.397 e. The van der Waals surface area contributed by atoms with Crippen molar-refractivity contribution in [1.29, 1.82) is 0 Å². The third-order valence-corrected chi connectivity index (χ3v) is 4.77. The van der Waals surface area contributed by atoms with Gasteiger partial charge < -0.3 is 11.1 Å². The lowest BCUT2D eigenvalue weighted by Crippen LogP contribution is -2.28. The van der Waals surface area contributed by atoms with Crippen LogP contribution in [0, 0.1) is 6.92 Å². The number of aromatic nitrogens is 2. The summed E-state index contributed by atoms with van der Waals surface area (Å²) < 4.78 is 0.895. The highest BCUT2D eigenvalue weighted by atomic mass is 79.9. The second-order valence-corrected chi connectivity index (χ2v) is 6.28. The molecule has 96 valence electrons. The summed E-state index contributed by atoms with van der Waals surface area (Å²) >= 11 is 5.15. The second-order valence-electron chi connectivity index (χ2n) is 4.59. The maximum atomic E-state index is 5.82. The van der Waals surface area contributed by atoms with Crippen LogP contribution in [0.25, 0.3) is 0 Å². The minimum absolute atomic E-state index is 0.272. The predicted octanol–water partition coefficient (Wildman–Crippen LogP) is 3.54. The third kappa shape index (κ3) is 2.49. The van der Waals surface area contributed by atoms with Gasteiger partial charge in [0.05, 0.1) is 21.9 Å². The molecule has 18 heavy (non-hydrogen) atoms. The van der Waals surface area contributed by atoms with E-state index in [0.29, 0.717) is 5.69 Å². The van der Waals surface area contributed by atoms with Crippen LogP contribution in [-0.2, 0) is 5.54 Å². The zero-order chi connectivity index (χ0) is 13.3. The van der Waals surface area contributed by atoms with E-state index in [0.717, 1.165) is 20.9 Å². The molecule has 0 unspecified atom stereocenters. The summed E-state index contributed by atoms with van der Waals surface area (Å²) in [5.41, 5.74) is 7.21. The highest BCUT2D eigenvalue weighted by Gasteiger charge is 2.24. The van der Waals surface area contributed by atoms with E-state index in [1.165, 1.54) is 0 Å². The standard InChI is InChI=1S/C12H15BrN4S/c1-7-8(14)6-16-10(9(7)13)17-12(2,3)11-15-4-5-18-11/h4-6H,14H2,1-3H3,(H,16,17). The molecular weight excluding hydrogens is 312 g/mol. The Kier molecular flexibility index (Phi) is 3.59. The molecule has 0 saturated carbocycles. The van der Waals surface area contributed by atoms with Crippen molar-refractivity contribution >= 4 is 38.8 Å². The Morgan fingerprint density at radius 3 is 2.72 bits per heavy atom. The molecule has 0 bridgehead atoms.